The van der Waals surface area contributed by atoms with Crippen molar-refractivity contribution in [1.82, 2.24) is 0 Å². The molecule has 1 unspecified atom stereocenters. The maximum Gasteiger partial charge on any atom is 0.311 e. The Morgan fingerprint density at radius 2 is 2.00 bits per heavy atom. The maximum atomic E-state index is 12.2. The molecule has 1 aliphatic rings. The van der Waals surface area contributed by atoms with Gasteiger partial charge in [-0.3, -0.25) is 4.79 Å². The quantitative estimate of drug-likeness (QED) is 0.840. The average Bonchev–Trinajstić information content (AvgIpc) is 3.18. The lowest BCUT2D eigenvalue weighted by Crippen LogP contribution is -2.33. The predicted molar refractivity (Wildman–Crippen MR) is 80.5 cm³/mol. The van der Waals surface area contributed by atoms with Crippen molar-refractivity contribution in [3.05, 3.63) is 35.4 Å². The number of nitrogens with two attached hydrogens (primary N) is 1. The fourth-order valence-electron chi connectivity index (χ4n) is 2.43. The van der Waals surface area contributed by atoms with Crippen LogP contribution in [0.15, 0.2) is 24.3 Å². The summed E-state index contributed by atoms with van der Waals surface area (Å²) in [4.78, 5) is 12.2. The third-order valence-corrected chi connectivity index (χ3v) is 3.56. The van der Waals surface area contributed by atoms with E-state index in [1.807, 2.05) is 26.8 Å². The molecule has 3 nitrogen and oxygen atoms in total. The van der Waals surface area contributed by atoms with Crippen molar-refractivity contribution in [2.75, 3.05) is 6.54 Å². The SMILES string of the molecule is CC(C)(C)OC(=O)C(CN)Cc1ccccc1C1CC1. The fourth-order valence-corrected chi connectivity index (χ4v) is 2.43. The average molecular weight is 275 g/mol. The van der Waals surface area contributed by atoms with Gasteiger partial charge in [-0.1, -0.05) is 24.3 Å². The topological polar surface area (TPSA) is 52.3 Å². The predicted octanol–water partition coefficient (Wildman–Crippen LogP) is 3.02. The lowest BCUT2D eigenvalue weighted by molar-refractivity contribution is -0.159. The summed E-state index contributed by atoms with van der Waals surface area (Å²) < 4.78 is 5.46. The number of carbonyl (C=O) groups is 1. The molecule has 1 aliphatic carbocycles. The van der Waals surface area contributed by atoms with Gasteiger partial charge < -0.3 is 10.5 Å². The molecule has 0 aromatic heterocycles. The minimum absolute atomic E-state index is 0.189. The van der Waals surface area contributed by atoms with Gasteiger partial charge in [-0.05, 0) is 57.1 Å². The second-order valence-corrected chi connectivity index (χ2v) is 6.64. The van der Waals surface area contributed by atoms with Crippen molar-refractivity contribution in [3.63, 3.8) is 0 Å². The van der Waals surface area contributed by atoms with Crippen LogP contribution in [0.2, 0.25) is 0 Å². The number of hydrogen-bond donors (Lipinski definition) is 1. The molecule has 3 heteroatoms. The molecule has 2 N–H and O–H groups in total. The fraction of sp³-hybridized carbons (Fsp3) is 0.588. The Bertz CT molecular complexity index is 472. The van der Waals surface area contributed by atoms with Crippen LogP contribution in [0.3, 0.4) is 0 Å². The molecular formula is C17H25NO2. The van der Waals surface area contributed by atoms with Gasteiger partial charge >= 0.3 is 5.97 Å². The van der Waals surface area contributed by atoms with E-state index < -0.39 is 5.60 Å². The number of ether oxygens (including phenoxy) is 1. The summed E-state index contributed by atoms with van der Waals surface area (Å²) in [5.74, 6) is 0.239. The van der Waals surface area contributed by atoms with Gasteiger partial charge in [0.15, 0.2) is 0 Å². The molecule has 0 saturated heterocycles. The normalized spacial score (nSPS) is 16.8. The summed E-state index contributed by atoms with van der Waals surface area (Å²) in [6.07, 6.45) is 3.20. The first kappa shape index (κ1) is 15.0. The van der Waals surface area contributed by atoms with E-state index in [4.69, 9.17) is 10.5 Å². The van der Waals surface area contributed by atoms with E-state index in [9.17, 15) is 4.79 Å². The molecule has 0 spiro atoms. The molecule has 0 heterocycles. The largest absolute Gasteiger partial charge is 0.460 e. The molecular weight excluding hydrogens is 250 g/mol. The van der Waals surface area contributed by atoms with Crippen LogP contribution >= 0.6 is 0 Å². The van der Waals surface area contributed by atoms with E-state index in [1.165, 1.54) is 24.0 Å². The minimum Gasteiger partial charge on any atom is -0.460 e. The van der Waals surface area contributed by atoms with E-state index in [-0.39, 0.29) is 11.9 Å². The molecule has 0 bridgehead atoms. The Morgan fingerprint density at radius 3 is 2.55 bits per heavy atom. The molecule has 1 aromatic rings. The first-order valence-corrected chi connectivity index (χ1v) is 7.41. The first-order chi connectivity index (χ1) is 9.40. The highest BCUT2D eigenvalue weighted by Gasteiger charge is 2.29. The van der Waals surface area contributed by atoms with Crippen LogP contribution in [0.5, 0.6) is 0 Å². The second-order valence-electron chi connectivity index (χ2n) is 6.64. The van der Waals surface area contributed by atoms with Gasteiger partial charge in [0.25, 0.3) is 0 Å². The van der Waals surface area contributed by atoms with Gasteiger partial charge in [0.05, 0.1) is 5.92 Å². The number of benzene rings is 1. The van der Waals surface area contributed by atoms with Crippen LogP contribution in [0.25, 0.3) is 0 Å². The maximum absolute atomic E-state index is 12.2. The highest BCUT2D eigenvalue weighted by Crippen LogP contribution is 2.42. The lowest BCUT2D eigenvalue weighted by atomic mass is 9.93. The zero-order valence-corrected chi connectivity index (χ0v) is 12.7. The summed E-state index contributed by atoms with van der Waals surface area (Å²) in [6.45, 7) is 5.98. The monoisotopic (exact) mass is 275 g/mol. The summed E-state index contributed by atoms with van der Waals surface area (Å²) >= 11 is 0. The molecule has 110 valence electrons. The van der Waals surface area contributed by atoms with Gasteiger partial charge in [0, 0.05) is 6.54 Å². The Labute approximate surface area is 121 Å². The van der Waals surface area contributed by atoms with Gasteiger partial charge in [0.1, 0.15) is 5.60 Å². The molecule has 1 aromatic carbocycles. The van der Waals surface area contributed by atoms with Crippen molar-refractivity contribution in [3.8, 4) is 0 Å². The van der Waals surface area contributed by atoms with Crippen LogP contribution in [0.1, 0.15) is 50.7 Å². The molecule has 0 amide bonds. The first-order valence-electron chi connectivity index (χ1n) is 7.41. The van der Waals surface area contributed by atoms with Crippen LogP contribution in [-0.4, -0.2) is 18.1 Å². The van der Waals surface area contributed by atoms with Gasteiger partial charge in [-0.15, -0.1) is 0 Å². The standard InChI is InChI=1S/C17H25NO2/c1-17(2,3)20-16(19)14(11-18)10-13-6-4-5-7-15(13)12-8-9-12/h4-7,12,14H,8-11,18H2,1-3H3. The van der Waals surface area contributed by atoms with E-state index >= 15 is 0 Å². The molecule has 0 aliphatic heterocycles. The number of esters is 1. The summed E-state index contributed by atoms with van der Waals surface area (Å²) in [5, 5.41) is 0. The number of carbonyl (C=O) groups excluding carboxylic acids is 1. The summed E-state index contributed by atoms with van der Waals surface area (Å²) in [6, 6.07) is 8.39. The lowest BCUT2D eigenvalue weighted by Gasteiger charge is -2.24. The zero-order valence-electron chi connectivity index (χ0n) is 12.7. The van der Waals surface area contributed by atoms with E-state index in [2.05, 4.69) is 18.2 Å². The number of hydrogen-bond acceptors (Lipinski definition) is 3. The van der Waals surface area contributed by atoms with Gasteiger partial charge in [-0.25, -0.2) is 0 Å². The third-order valence-electron chi connectivity index (χ3n) is 3.56. The Kier molecular flexibility index (Phi) is 4.48. The molecule has 0 radical (unpaired) electrons. The molecule has 1 saturated carbocycles. The summed E-state index contributed by atoms with van der Waals surface area (Å²) in [7, 11) is 0. The van der Waals surface area contributed by atoms with Crippen molar-refractivity contribution < 1.29 is 9.53 Å². The molecule has 20 heavy (non-hydrogen) atoms. The van der Waals surface area contributed by atoms with Crippen molar-refractivity contribution in [1.29, 1.82) is 0 Å². The van der Waals surface area contributed by atoms with Crippen molar-refractivity contribution in [2.24, 2.45) is 11.7 Å². The van der Waals surface area contributed by atoms with Crippen LogP contribution in [0.4, 0.5) is 0 Å². The van der Waals surface area contributed by atoms with Crippen LogP contribution in [-0.2, 0) is 16.0 Å². The third kappa shape index (κ3) is 4.07. The number of rotatable bonds is 5. The highest BCUT2D eigenvalue weighted by molar-refractivity contribution is 5.73. The van der Waals surface area contributed by atoms with E-state index in [0.717, 1.165) is 0 Å². The molecule has 2 rings (SSSR count). The van der Waals surface area contributed by atoms with Gasteiger partial charge in [0.2, 0.25) is 0 Å². The Morgan fingerprint density at radius 1 is 1.35 bits per heavy atom. The minimum atomic E-state index is -0.458. The van der Waals surface area contributed by atoms with Crippen LogP contribution < -0.4 is 5.73 Å². The van der Waals surface area contributed by atoms with Crippen molar-refractivity contribution in [2.45, 2.75) is 51.6 Å². The molecule has 1 atom stereocenters. The molecule has 1 fully saturated rings. The smallest absolute Gasteiger partial charge is 0.311 e. The second kappa shape index (κ2) is 5.96. The van der Waals surface area contributed by atoms with Crippen molar-refractivity contribution >= 4 is 5.97 Å². The Balaban J connectivity index is 2.08. The van der Waals surface area contributed by atoms with E-state index in [0.29, 0.717) is 18.9 Å². The highest BCUT2D eigenvalue weighted by atomic mass is 16.6. The summed E-state index contributed by atoms with van der Waals surface area (Å²) in [5.41, 5.74) is 7.95. The van der Waals surface area contributed by atoms with Gasteiger partial charge in [-0.2, -0.15) is 0 Å². The Hall–Kier alpha value is -1.35. The van der Waals surface area contributed by atoms with Crippen LogP contribution in [0, 0.1) is 5.92 Å². The zero-order chi connectivity index (χ0) is 14.8. The van der Waals surface area contributed by atoms with E-state index in [1.54, 1.807) is 0 Å².